The van der Waals surface area contributed by atoms with E-state index in [0.29, 0.717) is 30.6 Å². The van der Waals surface area contributed by atoms with Crippen LogP contribution >= 0.6 is 0 Å². The van der Waals surface area contributed by atoms with Gasteiger partial charge in [0.1, 0.15) is 5.41 Å². The molecule has 0 spiro atoms. The summed E-state index contributed by atoms with van der Waals surface area (Å²) < 4.78 is 5.47. The van der Waals surface area contributed by atoms with Crippen LogP contribution in [0.4, 0.5) is 5.69 Å². The topological polar surface area (TPSA) is 91.2 Å². The van der Waals surface area contributed by atoms with Gasteiger partial charge in [0.05, 0.1) is 17.7 Å². The van der Waals surface area contributed by atoms with Crippen molar-refractivity contribution in [2.24, 2.45) is 5.41 Å². The first-order chi connectivity index (χ1) is 11.1. The molecule has 3 rings (SSSR count). The lowest BCUT2D eigenvalue weighted by Gasteiger charge is -2.17. The minimum absolute atomic E-state index is 0.0603. The van der Waals surface area contributed by atoms with Gasteiger partial charge in [-0.3, -0.25) is 9.59 Å². The average molecular weight is 313 g/mol. The summed E-state index contributed by atoms with van der Waals surface area (Å²) in [5.41, 5.74) is 0.0315. The van der Waals surface area contributed by atoms with Crippen molar-refractivity contribution in [1.82, 2.24) is 5.32 Å². The molecule has 2 N–H and O–H groups in total. The third kappa shape index (κ3) is 3.35. The minimum atomic E-state index is -0.971. The van der Waals surface area contributed by atoms with E-state index in [2.05, 4.69) is 10.6 Å². The highest BCUT2D eigenvalue weighted by atomic mass is 16.5. The van der Waals surface area contributed by atoms with Crippen LogP contribution in [0.5, 0.6) is 0 Å². The molecule has 23 heavy (non-hydrogen) atoms. The summed E-state index contributed by atoms with van der Waals surface area (Å²) in [6.07, 6.45) is 3.12. The Labute approximate surface area is 134 Å². The van der Waals surface area contributed by atoms with Gasteiger partial charge in [-0.25, -0.2) is 0 Å². The molecule has 6 heteroatoms. The Hall–Kier alpha value is -2.39. The van der Waals surface area contributed by atoms with E-state index in [1.807, 2.05) is 6.07 Å². The number of nitrogens with one attached hydrogen (secondary N) is 2. The van der Waals surface area contributed by atoms with E-state index in [1.165, 1.54) is 0 Å². The van der Waals surface area contributed by atoms with E-state index < -0.39 is 5.41 Å². The van der Waals surface area contributed by atoms with E-state index in [0.717, 1.165) is 19.4 Å². The fourth-order valence-corrected chi connectivity index (χ4v) is 2.78. The molecule has 1 aromatic rings. The van der Waals surface area contributed by atoms with Crippen LogP contribution in [0.3, 0.4) is 0 Å². The van der Waals surface area contributed by atoms with Crippen molar-refractivity contribution >= 4 is 17.5 Å². The number of ether oxygens (including phenoxy) is 1. The minimum Gasteiger partial charge on any atom is -0.376 e. The number of nitrogens with zero attached hydrogens (tertiary/aromatic N) is 1. The third-order valence-corrected chi connectivity index (χ3v) is 4.38. The summed E-state index contributed by atoms with van der Waals surface area (Å²) in [6, 6.07) is 8.69. The maximum Gasteiger partial charge on any atom is 0.240 e. The van der Waals surface area contributed by atoms with Crippen LogP contribution in [0.25, 0.3) is 0 Å². The smallest absolute Gasteiger partial charge is 0.240 e. The van der Waals surface area contributed by atoms with Gasteiger partial charge in [-0.1, -0.05) is 6.07 Å². The first kappa shape index (κ1) is 15.5. The summed E-state index contributed by atoms with van der Waals surface area (Å²) in [6.45, 7) is 1.19. The lowest BCUT2D eigenvalue weighted by atomic mass is 10.0. The highest BCUT2D eigenvalue weighted by Gasteiger charge is 2.56. The molecule has 2 amide bonds. The fourth-order valence-electron chi connectivity index (χ4n) is 2.78. The molecule has 0 bridgehead atoms. The second-order valence-corrected chi connectivity index (χ2v) is 6.07. The summed E-state index contributed by atoms with van der Waals surface area (Å²) in [7, 11) is 0. The molecular weight excluding hydrogens is 294 g/mol. The summed E-state index contributed by atoms with van der Waals surface area (Å²) in [5, 5.41) is 14.5. The average Bonchev–Trinajstić information content (AvgIpc) is 3.22. The number of carbonyl (C=O) groups excluding carboxylic acids is 2. The Morgan fingerprint density at radius 3 is 2.83 bits per heavy atom. The van der Waals surface area contributed by atoms with Crippen molar-refractivity contribution in [3.63, 3.8) is 0 Å². The van der Waals surface area contributed by atoms with Crippen molar-refractivity contribution in [2.75, 3.05) is 18.5 Å². The molecule has 2 aliphatic rings. The van der Waals surface area contributed by atoms with Crippen LogP contribution in [-0.4, -0.2) is 31.1 Å². The van der Waals surface area contributed by atoms with Gasteiger partial charge in [-0.05, 0) is 43.9 Å². The van der Waals surface area contributed by atoms with Gasteiger partial charge in [-0.15, -0.1) is 0 Å². The molecule has 120 valence electrons. The predicted octanol–water partition coefficient (Wildman–Crippen LogP) is 1.57. The molecule has 0 radical (unpaired) electrons. The number of benzene rings is 1. The standard InChI is InChI=1S/C17H19N3O3/c18-10-12-3-1-4-13(9-12)20-16(22)17(6-7-17)15(21)19-11-14-5-2-8-23-14/h1,3-4,9,14H,2,5-8,11H2,(H,19,21)(H,20,22). The van der Waals surface area contributed by atoms with Gasteiger partial charge in [-0.2, -0.15) is 5.26 Å². The molecule has 1 saturated carbocycles. The van der Waals surface area contributed by atoms with Crippen molar-refractivity contribution < 1.29 is 14.3 Å². The number of anilines is 1. The highest BCUT2D eigenvalue weighted by molar-refractivity contribution is 6.13. The van der Waals surface area contributed by atoms with E-state index >= 15 is 0 Å². The predicted molar refractivity (Wildman–Crippen MR) is 83.4 cm³/mol. The van der Waals surface area contributed by atoms with Gasteiger partial charge in [0.15, 0.2) is 0 Å². The molecule has 6 nitrogen and oxygen atoms in total. The first-order valence-corrected chi connectivity index (χ1v) is 7.85. The molecule has 0 aromatic heterocycles. The Bertz CT molecular complexity index is 655. The first-order valence-electron chi connectivity index (χ1n) is 7.85. The second kappa shape index (κ2) is 6.39. The number of hydrogen-bond donors (Lipinski definition) is 2. The summed E-state index contributed by atoms with van der Waals surface area (Å²) >= 11 is 0. The van der Waals surface area contributed by atoms with Crippen molar-refractivity contribution in [3.8, 4) is 6.07 Å². The zero-order valence-corrected chi connectivity index (χ0v) is 12.8. The SMILES string of the molecule is N#Cc1cccc(NC(=O)C2(C(=O)NCC3CCCO3)CC2)c1. The largest absolute Gasteiger partial charge is 0.376 e. The van der Waals surface area contributed by atoms with Gasteiger partial charge in [0.25, 0.3) is 0 Å². The van der Waals surface area contributed by atoms with Crippen molar-refractivity contribution in [3.05, 3.63) is 29.8 Å². The van der Waals surface area contributed by atoms with E-state index in [1.54, 1.807) is 24.3 Å². The zero-order valence-electron chi connectivity index (χ0n) is 12.8. The molecule has 1 atom stereocenters. The van der Waals surface area contributed by atoms with Crippen molar-refractivity contribution in [1.29, 1.82) is 5.26 Å². The number of carbonyl (C=O) groups is 2. The number of amides is 2. The van der Waals surface area contributed by atoms with Crippen LogP contribution < -0.4 is 10.6 Å². The number of rotatable bonds is 5. The molecule has 1 aromatic carbocycles. The quantitative estimate of drug-likeness (QED) is 0.807. The monoisotopic (exact) mass is 313 g/mol. The van der Waals surface area contributed by atoms with Crippen LogP contribution in [0.15, 0.2) is 24.3 Å². The van der Waals surface area contributed by atoms with Gasteiger partial charge in [0.2, 0.25) is 11.8 Å². The Morgan fingerprint density at radius 1 is 1.35 bits per heavy atom. The van der Waals surface area contributed by atoms with Crippen LogP contribution in [0.1, 0.15) is 31.2 Å². The lowest BCUT2D eigenvalue weighted by molar-refractivity contribution is -0.134. The fraction of sp³-hybridized carbons (Fsp3) is 0.471. The molecule has 1 heterocycles. The second-order valence-electron chi connectivity index (χ2n) is 6.07. The van der Waals surface area contributed by atoms with Crippen LogP contribution in [-0.2, 0) is 14.3 Å². The molecule has 2 fully saturated rings. The van der Waals surface area contributed by atoms with Gasteiger partial charge < -0.3 is 15.4 Å². The van der Waals surface area contributed by atoms with Crippen LogP contribution in [0, 0.1) is 16.7 Å². The third-order valence-electron chi connectivity index (χ3n) is 4.38. The molecule has 1 saturated heterocycles. The maximum atomic E-state index is 12.4. The molecular formula is C17H19N3O3. The Kier molecular flexibility index (Phi) is 4.30. The summed E-state index contributed by atoms with van der Waals surface area (Å²) in [5.74, 6) is -0.542. The Morgan fingerprint density at radius 2 is 2.17 bits per heavy atom. The van der Waals surface area contributed by atoms with Gasteiger partial charge >= 0.3 is 0 Å². The lowest BCUT2D eigenvalue weighted by Crippen LogP contribution is -2.42. The van der Waals surface area contributed by atoms with Gasteiger partial charge in [0, 0.05) is 18.8 Å². The van der Waals surface area contributed by atoms with Crippen LogP contribution in [0.2, 0.25) is 0 Å². The maximum absolute atomic E-state index is 12.4. The van der Waals surface area contributed by atoms with E-state index in [4.69, 9.17) is 10.00 Å². The normalized spacial score (nSPS) is 21.3. The molecule has 1 aliphatic carbocycles. The summed E-state index contributed by atoms with van der Waals surface area (Å²) in [4.78, 5) is 24.8. The Balaban J connectivity index is 1.59. The molecule has 1 unspecified atom stereocenters. The zero-order chi connectivity index (χ0) is 16.3. The van der Waals surface area contributed by atoms with E-state index in [-0.39, 0.29) is 17.9 Å². The van der Waals surface area contributed by atoms with E-state index in [9.17, 15) is 9.59 Å². The molecule has 1 aliphatic heterocycles. The highest BCUT2D eigenvalue weighted by Crippen LogP contribution is 2.46. The number of hydrogen-bond acceptors (Lipinski definition) is 4. The number of nitriles is 1. The van der Waals surface area contributed by atoms with Crippen molar-refractivity contribution in [2.45, 2.75) is 31.8 Å².